The van der Waals surface area contributed by atoms with Crippen molar-refractivity contribution in [3.8, 4) is 0 Å². The number of fused-ring (bicyclic) bond motifs is 5. The molecule has 5 nitrogen and oxygen atoms in total. The molecule has 0 aromatic heterocycles. The third-order valence-corrected chi connectivity index (χ3v) is 8.86. The number of carboxylic acids is 1. The topological polar surface area (TPSA) is 76.0 Å². The summed E-state index contributed by atoms with van der Waals surface area (Å²) < 4.78 is 0. The molecule has 4 rings (SSSR count). The lowest BCUT2D eigenvalue weighted by atomic mass is 9.46. The normalized spacial score (nSPS) is 42.9. The van der Waals surface area contributed by atoms with Crippen LogP contribution in [-0.2, 0) is 14.4 Å². The molecule has 154 valence electrons. The van der Waals surface area contributed by atoms with E-state index >= 15 is 0 Å². The number of rotatable bonds is 4. The molecule has 0 bridgehead atoms. The van der Waals surface area contributed by atoms with Crippen molar-refractivity contribution in [1.29, 1.82) is 0 Å². The van der Waals surface area contributed by atoms with Crippen LogP contribution in [0.3, 0.4) is 0 Å². The molecule has 2 unspecified atom stereocenters. The Morgan fingerprint density at radius 1 is 1.18 bits per heavy atom. The average Bonchev–Trinajstić information content (AvgIpc) is 2.99. The average molecular weight is 388 g/mol. The van der Waals surface area contributed by atoms with Crippen molar-refractivity contribution in [3.05, 3.63) is 11.6 Å². The van der Waals surface area contributed by atoms with E-state index in [1.165, 1.54) is 31.3 Å². The lowest BCUT2D eigenvalue weighted by molar-refractivity contribution is -0.142. The number of ketones is 1. The first kappa shape index (κ1) is 19.7. The number of nitrogens with zero attached hydrogens (tertiary/aromatic N) is 1. The van der Waals surface area contributed by atoms with Crippen LogP contribution in [0.15, 0.2) is 16.8 Å². The van der Waals surface area contributed by atoms with Crippen molar-refractivity contribution >= 4 is 17.5 Å². The van der Waals surface area contributed by atoms with Gasteiger partial charge in [0.25, 0.3) is 0 Å². The van der Waals surface area contributed by atoms with Gasteiger partial charge in [0, 0.05) is 12.3 Å². The second-order valence-corrected chi connectivity index (χ2v) is 10.0. The summed E-state index contributed by atoms with van der Waals surface area (Å²) in [7, 11) is 0. The van der Waals surface area contributed by atoms with Crippen LogP contribution >= 0.6 is 0 Å². The Labute approximate surface area is 167 Å². The molecule has 1 N–H and O–H groups in total. The van der Waals surface area contributed by atoms with Gasteiger partial charge in [-0.1, -0.05) is 24.6 Å². The number of hydrogen-bond donors (Lipinski definition) is 1. The summed E-state index contributed by atoms with van der Waals surface area (Å²) in [5, 5.41) is 12.9. The van der Waals surface area contributed by atoms with Gasteiger partial charge in [-0.2, -0.15) is 0 Å². The van der Waals surface area contributed by atoms with Crippen LogP contribution in [0.2, 0.25) is 0 Å². The van der Waals surface area contributed by atoms with Crippen molar-refractivity contribution in [3.63, 3.8) is 0 Å². The second-order valence-electron chi connectivity index (χ2n) is 10.0. The van der Waals surface area contributed by atoms with Crippen molar-refractivity contribution < 1.29 is 19.5 Å². The molecule has 0 spiro atoms. The highest BCUT2D eigenvalue weighted by molar-refractivity contribution is 5.91. The van der Waals surface area contributed by atoms with Crippen molar-refractivity contribution in [2.24, 2.45) is 39.7 Å². The summed E-state index contributed by atoms with van der Waals surface area (Å²) in [5.41, 5.74) is 2.81. The van der Waals surface area contributed by atoms with Gasteiger partial charge in [0.15, 0.2) is 5.78 Å². The zero-order valence-corrected chi connectivity index (χ0v) is 17.4. The number of oxime groups is 1. The molecule has 6 atom stereocenters. The Morgan fingerprint density at radius 3 is 2.71 bits per heavy atom. The molecule has 0 radical (unpaired) electrons. The number of aliphatic carboxylic acids is 1. The van der Waals surface area contributed by atoms with Crippen molar-refractivity contribution in [2.45, 2.75) is 72.1 Å². The quantitative estimate of drug-likeness (QED) is 0.564. The molecular formula is C23H33NO4. The number of hydrogen-bond acceptors (Lipinski definition) is 4. The predicted molar refractivity (Wildman–Crippen MR) is 107 cm³/mol. The first-order valence-corrected chi connectivity index (χ1v) is 10.9. The van der Waals surface area contributed by atoms with E-state index < -0.39 is 5.97 Å². The Kier molecular flexibility index (Phi) is 4.91. The molecule has 0 amide bonds. The Balaban J connectivity index is 1.55. The highest BCUT2D eigenvalue weighted by Gasteiger charge is 2.59. The van der Waals surface area contributed by atoms with E-state index in [9.17, 15) is 9.59 Å². The fraction of sp³-hybridized carbons (Fsp3) is 0.783. The van der Waals surface area contributed by atoms with Gasteiger partial charge in [0.05, 0.1) is 5.71 Å². The van der Waals surface area contributed by atoms with Crippen molar-refractivity contribution in [1.82, 2.24) is 0 Å². The molecule has 0 saturated heterocycles. The summed E-state index contributed by atoms with van der Waals surface area (Å²) in [6.07, 6.45) is 10.7. The van der Waals surface area contributed by atoms with E-state index in [0.717, 1.165) is 30.9 Å². The zero-order chi connectivity index (χ0) is 20.1. The number of allylic oxidation sites excluding steroid dienone is 1. The minimum Gasteiger partial charge on any atom is -0.479 e. The van der Waals surface area contributed by atoms with Crippen LogP contribution in [0, 0.1) is 34.5 Å². The smallest absolute Gasteiger partial charge is 0.344 e. The second kappa shape index (κ2) is 7.00. The van der Waals surface area contributed by atoms with Gasteiger partial charge in [-0.25, -0.2) is 4.79 Å². The SMILES string of the molecule is C/C(=N\OCC(=O)O)[C@@H]1CCC2[C@H]3CCC4=CC(=O)CC[C@@]4(C)C3CC[C@]21C. The minimum atomic E-state index is -0.988. The summed E-state index contributed by atoms with van der Waals surface area (Å²) >= 11 is 0. The molecule has 4 aliphatic rings. The van der Waals surface area contributed by atoms with Gasteiger partial charge in [-0.05, 0) is 86.5 Å². The Morgan fingerprint density at radius 2 is 1.96 bits per heavy atom. The van der Waals surface area contributed by atoms with Crippen LogP contribution in [-0.4, -0.2) is 29.2 Å². The monoisotopic (exact) mass is 387 g/mol. The minimum absolute atomic E-state index is 0.212. The van der Waals surface area contributed by atoms with E-state index in [2.05, 4.69) is 19.0 Å². The third-order valence-electron chi connectivity index (χ3n) is 8.86. The van der Waals surface area contributed by atoms with E-state index in [0.29, 0.717) is 30.0 Å². The molecule has 4 aliphatic carbocycles. The molecule has 5 heteroatoms. The van der Waals surface area contributed by atoms with Gasteiger partial charge in [0.1, 0.15) is 0 Å². The summed E-state index contributed by atoms with van der Waals surface area (Å²) in [5.74, 6) is 1.82. The Bertz CT molecular complexity index is 741. The zero-order valence-electron chi connectivity index (χ0n) is 17.4. The summed E-state index contributed by atoms with van der Waals surface area (Å²) in [6.45, 7) is 6.48. The van der Waals surface area contributed by atoms with Crippen LogP contribution < -0.4 is 0 Å². The molecule has 0 aromatic carbocycles. The molecule has 0 aliphatic heterocycles. The van der Waals surface area contributed by atoms with Crippen LogP contribution in [0.1, 0.15) is 72.1 Å². The number of carbonyl (C=O) groups excluding carboxylic acids is 1. The van der Waals surface area contributed by atoms with Crippen LogP contribution in [0.4, 0.5) is 0 Å². The molecule has 3 saturated carbocycles. The van der Waals surface area contributed by atoms with Crippen LogP contribution in [0.5, 0.6) is 0 Å². The molecule has 0 aromatic rings. The van der Waals surface area contributed by atoms with E-state index in [1.54, 1.807) is 0 Å². The highest BCUT2D eigenvalue weighted by atomic mass is 16.6. The van der Waals surface area contributed by atoms with Gasteiger partial charge < -0.3 is 9.94 Å². The highest BCUT2D eigenvalue weighted by Crippen LogP contribution is 2.66. The summed E-state index contributed by atoms with van der Waals surface area (Å²) in [4.78, 5) is 27.7. The molecule has 0 heterocycles. The molecule has 28 heavy (non-hydrogen) atoms. The maximum Gasteiger partial charge on any atom is 0.344 e. The lowest BCUT2D eigenvalue weighted by Crippen LogP contribution is -2.51. The van der Waals surface area contributed by atoms with Gasteiger partial charge in [0.2, 0.25) is 6.61 Å². The predicted octanol–water partition coefficient (Wildman–Crippen LogP) is 4.61. The maximum absolute atomic E-state index is 12.0. The van der Waals surface area contributed by atoms with E-state index in [-0.39, 0.29) is 17.4 Å². The van der Waals surface area contributed by atoms with Gasteiger partial charge in [-0.15, -0.1) is 0 Å². The van der Waals surface area contributed by atoms with Crippen LogP contribution in [0.25, 0.3) is 0 Å². The maximum atomic E-state index is 12.0. The fourth-order valence-electron chi connectivity index (χ4n) is 7.50. The van der Waals surface area contributed by atoms with E-state index in [4.69, 9.17) is 9.94 Å². The standard InChI is InChI=1S/C23H33NO4/c1-14(24-28-13-21(26)27)18-6-7-19-17-5-4-15-12-16(25)8-10-22(15,2)20(17)9-11-23(18,19)3/h12,17-20H,4-11,13H2,1-3H3,(H,26,27)/b24-14+/t17-,18+,19?,20?,22-,23+/m1/s1. The van der Waals surface area contributed by atoms with Crippen molar-refractivity contribution in [2.75, 3.05) is 6.61 Å². The van der Waals surface area contributed by atoms with Gasteiger partial charge >= 0.3 is 5.97 Å². The number of carboxylic acid groups (broad SMARTS) is 1. The van der Waals surface area contributed by atoms with Gasteiger partial charge in [-0.3, -0.25) is 4.79 Å². The first-order valence-electron chi connectivity index (χ1n) is 10.9. The largest absolute Gasteiger partial charge is 0.479 e. The first-order chi connectivity index (χ1) is 13.3. The molecular weight excluding hydrogens is 354 g/mol. The molecule has 3 fully saturated rings. The summed E-state index contributed by atoms with van der Waals surface area (Å²) in [6, 6.07) is 0. The lowest BCUT2D eigenvalue weighted by Gasteiger charge is -2.58. The number of carbonyl (C=O) groups is 2. The fourth-order valence-corrected chi connectivity index (χ4v) is 7.50. The third kappa shape index (κ3) is 3.02. The Hall–Kier alpha value is -1.65. The van der Waals surface area contributed by atoms with E-state index in [1.807, 2.05) is 13.0 Å².